The molecule has 1 fully saturated rings. The number of anilines is 1. The quantitative estimate of drug-likeness (QED) is 0.566. The van der Waals surface area contributed by atoms with Crippen LogP contribution in [0.1, 0.15) is 50.3 Å². The number of hydrogen-bond donors (Lipinski definition) is 3. The summed E-state index contributed by atoms with van der Waals surface area (Å²) in [6.45, 7) is 10.9. The van der Waals surface area contributed by atoms with Crippen molar-refractivity contribution in [2.24, 2.45) is 5.92 Å². The minimum Gasteiger partial charge on any atom is -0.345 e. The van der Waals surface area contributed by atoms with E-state index >= 15 is 0 Å². The first-order chi connectivity index (χ1) is 13.9. The Hall–Kier alpha value is -2.90. The van der Waals surface area contributed by atoms with Gasteiger partial charge in [0.25, 0.3) is 5.91 Å². The summed E-state index contributed by atoms with van der Waals surface area (Å²) in [5.74, 6) is -0.974. The molecule has 1 aromatic rings. The Balaban J connectivity index is 1.89. The average molecular weight is 417 g/mol. The molecule has 0 unspecified atom stereocenters. The van der Waals surface area contributed by atoms with Crippen molar-refractivity contribution in [3.05, 3.63) is 28.8 Å². The Kier molecular flexibility index (Phi) is 7.23. The number of hydrogen-bond acceptors (Lipinski definition) is 4. The maximum Gasteiger partial charge on any atom is 0.325 e. The molecule has 0 aromatic heterocycles. The highest BCUT2D eigenvalue weighted by molar-refractivity contribution is 6.09. The van der Waals surface area contributed by atoms with E-state index in [1.54, 1.807) is 6.92 Å². The largest absolute Gasteiger partial charge is 0.345 e. The average Bonchev–Trinajstić information content (AvgIpc) is 2.85. The van der Waals surface area contributed by atoms with Crippen LogP contribution in [0.4, 0.5) is 10.5 Å². The highest BCUT2D eigenvalue weighted by Crippen LogP contribution is 2.24. The van der Waals surface area contributed by atoms with Crippen LogP contribution in [0.25, 0.3) is 0 Å². The lowest BCUT2D eigenvalue weighted by Gasteiger charge is -2.22. The van der Waals surface area contributed by atoms with Crippen LogP contribution in [0.5, 0.6) is 0 Å². The lowest BCUT2D eigenvalue weighted by Crippen LogP contribution is -2.46. The third-order valence-electron chi connectivity index (χ3n) is 5.26. The third kappa shape index (κ3) is 5.58. The fraction of sp³-hybridized carbons (Fsp3) is 0.545. The first-order valence-electron chi connectivity index (χ1n) is 10.2. The number of benzene rings is 1. The number of aryl methyl sites for hydroxylation is 3. The van der Waals surface area contributed by atoms with Crippen LogP contribution < -0.4 is 16.0 Å². The molecule has 2 rings (SSSR count). The Labute approximate surface area is 177 Å². The normalized spacial score (nSPS) is 18.6. The van der Waals surface area contributed by atoms with Crippen molar-refractivity contribution in [3.8, 4) is 0 Å². The van der Waals surface area contributed by atoms with Crippen LogP contribution in [0.2, 0.25) is 0 Å². The van der Waals surface area contributed by atoms with Gasteiger partial charge in [-0.25, -0.2) is 4.79 Å². The van der Waals surface area contributed by atoms with E-state index < -0.39 is 29.9 Å². The lowest BCUT2D eigenvalue weighted by atomic mass is 9.92. The minimum atomic E-state index is -1.00. The smallest absolute Gasteiger partial charge is 0.325 e. The maximum absolute atomic E-state index is 12.7. The molecule has 3 N–H and O–H groups in total. The number of amides is 5. The minimum absolute atomic E-state index is 0.250. The number of urea groups is 1. The SMILES string of the molecule is Cc1cc(C)c(NC(=O)CNC(=O)CN2C(=O)N[C@@](C)(CCC(C)C)C2=O)c(C)c1. The maximum atomic E-state index is 12.7. The van der Waals surface area contributed by atoms with Gasteiger partial charge in [-0.2, -0.15) is 0 Å². The van der Waals surface area contributed by atoms with Gasteiger partial charge in [0, 0.05) is 5.69 Å². The Morgan fingerprint density at radius 2 is 1.70 bits per heavy atom. The molecule has 8 nitrogen and oxygen atoms in total. The van der Waals surface area contributed by atoms with E-state index in [-0.39, 0.29) is 12.5 Å². The second-order valence-corrected chi connectivity index (χ2v) is 8.68. The second kappa shape index (κ2) is 9.28. The van der Waals surface area contributed by atoms with Gasteiger partial charge in [0.1, 0.15) is 12.1 Å². The highest BCUT2D eigenvalue weighted by Gasteiger charge is 2.47. The number of rotatable bonds is 8. The number of imide groups is 1. The number of carbonyl (C=O) groups excluding carboxylic acids is 4. The van der Waals surface area contributed by atoms with Crippen molar-refractivity contribution in [2.45, 2.75) is 59.9 Å². The number of carbonyl (C=O) groups is 4. The molecule has 8 heteroatoms. The van der Waals surface area contributed by atoms with Gasteiger partial charge >= 0.3 is 6.03 Å². The molecule has 1 aromatic carbocycles. The van der Waals surface area contributed by atoms with E-state index in [2.05, 4.69) is 16.0 Å². The summed E-state index contributed by atoms with van der Waals surface area (Å²) in [6.07, 6.45) is 1.28. The summed E-state index contributed by atoms with van der Waals surface area (Å²) >= 11 is 0. The molecule has 5 amide bonds. The zero-order chi connectivity index (χ0) is 22.6. The van der Waals surface area contributed by atoms with Gasteiger partial charge in [-0.1, -0.05) is 31.5 Å². The molecular weight excluding hydrogens is 384 g/mol. The summed E-state index contributed by atoms with van der Waals surface area (Å²) in [6, 6.07) is 3.35. The van der Waals surface area contributed by atoms with Crippen molar-refractivity contribution in [2.75, 3.05) is 18.4 Å². The zero-order valence-electron chi connectivity index (χ0n) is 18.6. The van der Waals surface area contributed by atoms with Crippen LogP contribution in [-0.2, 0) is 14.4 Å². The van der Waals surface area contributed by atoms with E-state index in [9.17, 15) is 19.2 Å². The van der Waals surface area contributed by atoms with Crippen LogP contribution in [0, 0.1) is 26.7 Å². The molecular formula is C22H32N4O4. The van der Waals surface area contributed by atoms with Crippen LogP contribution in [-0.4, -0.2) is 47.3 Å². The molecule has 0 bridgehead atoms. The van der Waals surface area contributed by atoms with E-state index in [0.29, 0.717) is 12.3 Å². The first-order valence-corrected chi connectivity index (χ1v) is 10.2. The van der Waals surface area contributed by atoms with Gasteiger partial charge in [0.05, 0.1) is 6.54 Å². The Morgan fingerprint density at radius 3 is 2.27 bits per heavy atom. The summed E-state index contributed by atoms with van der Waals surface area (Å²) < 4.78 is 0. The monoisotopic (exact) mass is 416 g/mol. The number of nitrogens with zero attached hydrogens (tertiary/aromatic N) is 1. The molecule has 0 spiro atoms. The van der Waals surface area contributed by atoms with Gasteiger partial charge in [-0.05, 0) is 57.6 Å². The molecule has 164 valence electrons. The van der Waals surface area contributed by atoms with E-state index in [1.165, 1.54) is 0 Å². The van der Waals surface area contributed by atoms with Gasteiger partial charge in [0.15, 0.2) is 0 Å². The molecule has 1 saturated heterocycles. The lowest BCUT2D eigenvalue weighted by molar-refractivity contribution is -0.135. The standard InChI is InChI=1S/C22H32N4O4/c1-13(2)7-8-22(6)20(29)26(21(30)25-22)12-18(28)23-11-17(27)24-19-15(4)9-14(3)10-16(19)5/h9-10,13H,7-8,11-12H2,1-6H3,(H,23,28)(H,24,27)(H,25,30)/t22-/m0/s1. The summed E-state index contributed by atoms with van der Waals surface area (Å²) in [4.78, 5) is 50.2. The topological polar surface area (TPSA) is 108 Å². The Bertz CT molecular complexity index is 842. The van der Waals surface area contributed by atoms with Crippen LogP contribution >= 0.6 is 0 Å². The van der Waals surface area contributed by atoms with Crippen molar-refractivity contribution in [1.82, 2.24) is 15.5 Å². The van der Waals surface area contributed by atoms with E-state index in [1.807, 2.05) is 46.8 Å². The van der Waals surface area contributed by atoms with E-state index in [4.69, 9.17) is 0 Å². The molecule has 1 aliphatic rings. The van der Waals surface area contributed by atoms with Gasteiger partial charge in [0.2, 0.25) is 11.8 Å². The molecule has 30 heavy (non-hydrogen) atoms. The van der Waals surface area contributed by atoms with E-state index in [0.717, 1.165) is 33.7 Å². The molecule has 0 saturated carbocycles. The second-order valence-electron chi connectivity index (χ2n) is 8.68. The molecule has 1 heterocycles. The van der Waals surface area contributed by atoms with Crippen LogP contribution in [0.3, 0.4) is 0 Å². The summed E-state index contributed by atoms with van der Waals surface area (Å²) in [5, 5.41) is 7.96. The van der Waals surface area contributed by atoms with Crippen molar-refractivity contribution in [1.29, 1.82) is 0 Å². The molecule has 0 aliphatic carbocycles. The van der Waals surface area contributed by atoms with Crippen molar-refractivity contribution in [3.63, 3.8) is 0 Å². The zero-order valence-corrected chi connectivity index (χ0v) is 18.6. The fourth-order valence-electron chi connectivity index (χ4n) is 3.58. The molecule has 1 aliphatic heterocycles. The molecule has 1 atom stereocenters. The first kappa shape index (κ1) is 23.4. The fourth-order valence-corrected chi connectivity index (χ4v) is 3.58. The van der Waals surface area contributed by atoms with Gasteiger partial charge in [-0.15, -0.1) is 0 Å². The predicted molar refractivity (Wildman–Crippen MR) is 115 cm³/mol. The number of nitrogens with one attached hydrogen (secondary N) is 3. The highest BCUT2D eigenvalue weighted by atomic mass is 16.2. The molecule has 0 radical (unpaired) electrons. The van der Waals surface area contributed by atoms with Gasteiger partial charge in [-0.3, -0.25) is 19.3 Å². The van der Waals surface area contributed by atoms with Gasteiger partial charge < -0.3 is 16.0 Å². The summed E-state index contributed by atoms with van der Waals surface area (Å²) in [7, 11) is 0. The van der Waals surface area contributed by atoms with Crippen LogP contribution in [0.15, 0.2) is 12.1 Å². The third-order valence-corrected chi connectivity index (χ3v) is 5.26. The van der Waals surface area contributed by atoms with Crippen molar-refractivity contribution < 1.29 is 19.2 Å². The predicted octanol–water partition coefficient (Wildman–Crippen LogP) is 2.41. The summed E-state index contributed by atoms with van der Waals surface area (Å²) in [5.41, 5.74) is 2.69. The van der Waals surface area contributed by atoms with Crippen molar-refractivity contribution >= 4 is 29.4 Å². The Morgan fingerprint density at radius 1 is 1.10 bits per heavy atom.